The van der Waals surface area contributed by atoms with Gasteiger partial charge in [-0.2, -0.15) is 0 Å². The largest absolute Gasteiger partial charge is 0.476 e. The maximum absolute atomic E-state index is 11.5. The molecule has 0 saturated carbocycles. The van der Waals surface area contributed by atoms with Crippen LogP contribution in [0.15, 0.2) is 24.3 Å². The van der Waals surface area contributed by atoms with Gasteiger partial charge < -0.3 is 10.0 Å². The van der Waals surface area contributed by atoms with Crippen LogP contribution in [0.1, 0.15) is 42.7 Å². The van der Waals surface area contributed by atoms with Crippen LogP contribution >= 0.6 is 0 Å². The maximum Gasteiger partial charge on any atom is 0.360 e. The van der Waals surface area contributed by atoms with E-state index in [1.165, 1.54) is 4.80 Å². The summed E-state index contributed by atoms with van der Waals surface area (Å²) in [7, 11) is 0. The Kier molecular flexibility index (Phi) is 5.14. The van der Waals surface area contributed by atoms with E-state index < -0.39 is 5.97 Å². The molecule has 2 rings (SSSR count). The summed E-state index contributed by atoms with van der Waals surface area (Å²) >= 11 is 0. The monoisotopic (exact) mass is 302 g/mol. The molecule has 6 heteroatoms. The highest BCUT2D eigenvalue weighted by Crippen LogP contribution is 2.19. The van der Waals surface area contributed by atoms with E-state index >= 15 is 0 Å². The number of anilines is 1. The molecule has 0 spiro atoms. The first-order valence-electron chi connectivity index (χ1n) is 7.59. The average molecular weight is 302 g/mol. The summed E-state index contributed by atoms with van der Waals surface area (Å²) in [5.41, 5.74) is 1.84. The molecule has 0 amide bonds. The standard InChI is InChI=1S/C16H22N4O2/c1-4-9-19(10-5-2)15-14(16(21)22)17-20(18-15)13-8-6-7-12(3)11-13/h6-8,11H,4-5,9-10H2,1-3H3,(H,21,22). The third-order valence-corrected chi connectivity index (χ3v) is 3.32. The van der Waals surface area contributed by atoms with Crippen LogP contribution in [-0.2, 0) is 0 Å². The SMILES string of the molecule is CCCN(CCC)c1nn(-c2cccc(C)c2)nc1C(=O)O. The Morgan fingerprint density at radius 1 is 1.23 bits per heavy atom. The van der Waals surface area contributed by atoms with Crippen molar-refractivity contribution in [3.05, 3.63) is 35.5 Å². The van der Waals surface area contributed by atoms with Crippen LogP contribution in [0.3, 0.4) is 0 Å². The molecule has 2 aromatic rings. The van der Waals surface area contributed by atoms with Crippen molar-refractivity contribution >= 4 is 11.8 Å². The van der Waals surface area contributed by atoms with Crippen LogP contribution < -0.4 is 4.90 Å². The molecule has 22 heavy (non-hydrogen) atoms. The quantitative estimate of drug-likeness (QED) is 0.851. The van der Waals surface area contributed by atoms with Crippen LogP contribution in [0, 0.1) is 6.92 Å². The fraction of sp³-hybridized carbons (Fsp3) is 0.438. The summed E-state index contributed by atoms with van der Waals surface area (Å²) in [6, 6.07) is 7.68. The minimum absolute atomic E-state index is 0.00315. The van der Waals surface area contributed by atoms with Gasteiger partial charge in [-0.05, 0) is 37.5 Å². The zero-order valence-electron chi connectivity index (χ0n) is 13.3. The van der Waals surface area contributed by atoms with Crippen LogP contribution in [0.4, 0.5) is 5.82 Å². The van der Waals surface area contributed by atoms with E-state index in [1.807, 2.05) is 36.1 Å². The van der Waals surface area contributed by atoms with Crippen LogP contribution in [0.25, 0.3) is 5.69 Å². The minimum atomic E-state index is -1.05. The summed E-state index contributed by atoms with van der Waals surface area (Å²) in [4.78, 5) is 14.9. The number of carboxylic acids is 1. The number of carbonyl (C=O) groups is 1. The van der Waals surface area contributed by atoms with Crippen LogP contribution in [0.5, 0.6) is 0 Å². The number of rotatable bonds is 7. The Hall–Kier alpha value is -2.37. The molecule has 0 aliphatic rings. The van der Waals surface area contributed by atoms with E-state index in [9.17, 15) is 9.90 Å². The second-order valence-corrected chi connectivity index (χ2v) is 5.29. The first kappa shape index (κ1) is 16.0. The van der Waals surface area contributed by atoms with Crippen molar-refractivity contribution in [1.82, 2.24) is 15.0 Å². The van der Waals surface area contributed by atoms with Gasteiger partial charge in [0.25, 0.3) is 0 Å². The van der Waals surface area contributed by atoms with E-state index in [0.717, 1.165) is 37.2 Å². The molecular weight excluding hydrogens is 280 g/mol. The van der Waals surface area contributed by atoms with Crippen LogP contribution in [0.2, 0.25) is 0 Å². The Bertz CT molecular complexity index is 645. The van der Waals surface area contributed by atoms with Crippen molar-refractivity contribution in [3.63, 3.8) is 0 Å². The van der Waals surface area contributed by atoms with E-state index in [1.54, 1.807) is 0 Å². The Balaban J connectivity index is 2.47. The smallest absolute Gasteiger partial charge is 0.360 e. The number of benzene rings is 1. The van der Waals surface area contributed by atoms with Gasteiger partial charge in [0.2, 0.25) is 5.69 Å². The third kappa shape index (κ3) is 3.44. The molecular formula is C16H22N4O2. The zero-order valence-corrected chi connectivity index (χ0v) is 13.3. The second kappa shape index (κ2) is 7.06. The van der Waals surface area contributed by atoms with E-state index in [2.05, 4.69) is 24.0 Å². The predicted octanol–water partition coefficient (Wildman–Crippen LogP) is 2.90. The summed E-state index contributed by atoms with van der Waals surface area (Å²) in [5.74, 6) is -0.608. The first-order chi connectivity index (χ1) is 10.6. The molecule has 0 aliphatic carbocycles. The molecule has 0 bridgehead atoms. The molecule has 0 saturated heterocycles. The normalized spacial score (nSPS) is 10.7. The van der Waals surface area contributed by atoms with Crippen molar-refractivity contribution in [2.75, 3.05) is 18.0 Å². The highest BCUT2D eigenvalue weighted by Gasteiger charge is 2.22. The zero-order chi connectivity index (χ0) is 16.1. The van der Waals surface area contributed by atoms with Gasteiger partial charge in [0, 0.05) is 13.1 Å². The summed E-state index contributed by atoms with van der Waals surface area (Å²) in [6.45, 7) is 7.63. The highest BCUT2D eigenvalue weighted by atomic mass is 16.4. The number of hydrogen-bond acceptors (Lipinski definition) is 4. The van der Waals surface area contributed by atoms with Gasteiger partial charge in [-0.15, -0.1) is 15.0 Å². The second-order valence-electron chi connectivity index (χ2n) is 5.29. The molecule has 1 aromatic carbocycles. The van der Waals surface area contributed by atoms with Gasteiger partial charge in [0.1, 0.15) is 0 Å². The number of aromatic carboxylic acids is 1. The Morgan fingerprint density at radius 3 is 2.45 bits per heavy atom. The lowest BCUT2D eigenvalue weighted by molar-refractivity contribution is 0.0690. The van der Waals surface area contributed by atoms with Gasteiger partial charge in [0.15, 0.2) is 5.82 Å². The molecule has 118 valence electrons. The lowest BCUT2D eigenvalue weighted by Gasteiger charge is -2.20. The predicted molar refractivity (Wildman–Crippen MR) is 85.9 cm³/mol. The number of carboxylic acid groups (broad SMARTS) is 1. The van der Waals surface area contributed by atoms with E-state index in [-0.39, 0.29) is 5.69 Å². The molecule has 1 N–H and O–H groups in total. The van der Waals surface area contributed by atoms with Crippen molar-refractivity contribution in [2.24, 2.45) is 0 Å². The van der Waals surface area contributed by atoms with Gasteiger partial charge in [0.05, 0.1) is 5.69 Å². The third-order valence-electron chi connectivity index (χ3n) is 3.32. The fourth-order valence-corrected chi connectivity index (χ4v) is 2.38. The van der Waals surface area contributed by atoms with Crippen molar-refractivity contribution < 1.29 is 9.90 Å². The molecule has 0 atom stereocenters. The highest BCUT2D eigenvalue weighted by molar-refractivity contribution is 5.91. The van der Waals surface area contributed by atoms with Crippen molar-refractivity contribution in [2.45, 2.75) is 33.6 Å². The summed E-state index contributed by atoms with van der Waals surface area (Å²) in [6.07, 6.45) is 1.85. The van der Waals surface area contributed by atoms with Gasteiger partial charge in [-0.1, -0.05) is 26.0 Å². The van der Waals surface area contributed by atoms with Gasteiger partial charge in [-0.25, -0.2) is 4.79 Å². The van der Waals surface area contributed by atoms with Crippen molar-refractivity contribution in [1.29, 1.82) is 0 Å². The Morgan fingerprint density at radius 2 is 1.91 bits per heavy atom. The van der Waals surface area contributed by atoms with Crippen LogP contribution in [-0.4, -0.2) is 39.2 Å². The maximum atomic E-state index is 11.5. The fourth-order valence-electron chi connectivity index (χ4n) is 2.38. The van der Waals surface area contributed by atoms with E-state index in [0.29, 0.717) is 5.82 Å². The lowest BCUT2D eigenvalue weighted by Crippen LogP contribution is -2.27. The average Bonchev–Trinajstić information content (AvgIpc) is 2.92. The van der Waals surface area contributed by atoms with E-state index in [4.69, 9.17) is 0 Å². The topological polar surface area (TPSA) is 71.2 Å². The molecule has 1 heterocycles. The molecule has 0 unspecified atom stereocenters. The van der Waals surface area contributed by atoms with Gasteiger partial charge >= 0.3 is 5.97 Å². The number of hydrogen-bond donors (Lipinski definition) is 1. The lowest BCUT2D eigenvalue weighted by atomic mass is 10.2. The summed E-state index contributed by atoms with van der Waals surface area (Å²) in [5, 5.41) is 18.0. The number of aryl methyl sites for hydroxylation is 1. The minimum Gasteiger partial charge on any atom is -0.476 e. The molecule has 0 fully saturated rings. The molecule has 0 radical (unpaired) electrons. The molecule has 1 aromatic heterocycles. The number of nitrogens with zero attached hydrogens (tertiary/aromatic N) is 4. The summed E-state index contributed by atoms with van der Waals surface area (Å²) < 4.78 is 0. The molecule has 6 nitrogen and oxygen atoms in total. The Labute approximate surface area is 130 Å². The molecule has 0 aliphatic heterocycles. The number of aromatic nitrogens is 3. The van der Waals surface area contributed by atoms with Gasteiger partial charge in [-0.3, -0.25) is 0 Å². The van der Waals surface area contributed by atoms with Crippen molar-refractivity contribution in [3.8, 4) is 5.69 Å². The first-order valence-corrected chi connectivity index (χ1v) is 7.59.